The Morgan fingerprint density at radius 1 is 0.565 bits per heavy atom. The molecular formula is C17H8Cl5N. The van der Waals surface area contributed by atoms with Gasteiger partial charge >= 0.3 is 0 Å². The van der Waals surface area contributed by atoms with Crippen molar-refractivity contribution in [2.45, 2.75) is 0 Å². The Hall–Kier alpha value is -0.960. The van der Waals surface area contributed by atoms with Gasteiger partial charge in [0.15, 0.2) is 0 Å². The fourth-order valence-electron chi connectivity index (χ4n) is 2.19. The van der Waals surface area contributed by atoms with Gasteiger partial charge in [0, 0.05) is 31.8 Å². The van der Waals surface area contributed by atoms with Gasteiger partial charge in [0.2, 0.25) is 0 Å². The van der Waals surface area contributed by atoms with Crippen LogP contribution in [0.15, 0.2) is 48.5 Å². The quantitative estimate of drug-likeness (QED) is 0.400. The van der Waals surface area contributed by atoms with Crippen molar-refractivity contribution in [1.29, 1.82) is 0 Å². The van der Waals surface area contributed by atoms with E-state index < -0.39 is 0 Å². The van der Waals surface area contributed by atoms with E-state index in [0.29, 0.717) is 30.9 Å². The highest BCUT2D eigenvalue weighted by molar-refractivity contribution is 6.38. The number of aromatic nitrogens is 1. The van der Waals surface area contributed by atoms with Crippen LogP contribution >= 0.6 is 58.0 Å². The minimum absolute atomic E-state index is 0.331. The SMILES string of the molecule is Clc1ccc(-c2ccc(-c3ccc(Cl)cc3Cl)c(Cl)n2)c(Cl)c1. The number of nitrogens with zero attached hydrogens (tertiary/aromatic N) is 1. The molecule has 0 atom stereocenters. The van der Waals surface area contributed by atoms with Crippen LogP contribution in [0.25, 0.3) is 22.4 Å². The molecule has 0 radical (unpaired) electrons. The molecule has 0 unspecified atom stereocenters. The standard InChI is InChI=1S/C17H8Cl5N/c18-9-1-3-11(14(20)7-9)12-5-6-16(23-17(12)22)13-4-2-10(19)8-15(13)21/h1-8H. The second kappa shape index (κ2) is 6.88. The van der Waals surface area contributed by atoms with Crippen molar-refractivity contribution in [2.24, 2.45) is 0 Å². The monoisotopic (exact) mass is 401 g/mol. The van der Waals surface area contributed by atoms with Crippen LogP contribution in [0.2, 0.25) is 25.2 Å². The van der Waals surface area contributed by atoms with Gasteiger partial charge in [-0.25, -0.2) is 4.98 Å². The van der Waals surface area contributed by atoms with Gasteiger partial charge in [0.1, 0.15) is 5.15 Å². The maximum atomic E-state index is 6.34. The zero-order valence-electron chi connectivity index (χ0n) is 11.5. The number of hydrogen-bond acceptors (Lipinski definition) is 1. The van der Waals surface area contributed by atoms with Crippen molar-refractivity contribution in [3.05, 3.63) is 73.8 Å². The molecule has 116 valence electrons. The maximum Gasteiger partial charge on any atom is 0.137 e. The first-order valence-corrected chi connectivity index (χ1v) is 8.42. The van der Waals surface area contributed by atoms with E-state index in [-0.39, 0.29) is 0 Å². The maximum absolute atomic E-state index is 6.34. The highest BCUT2D eigenvalue weighted by Gasteiger charge is 2.12. The first kappa shape index (κ1) is 16.9. The molecule has 0 bridgehead atoms. The second-order valence-corrected chi connectivity index (χ2v) is 6.83. The molecule has 1 nitrogen and oxygen atoms in total. The Kier molecular flexibility index (Phi) is 5.05. The molecule has 0 aliphatic rings. The van der Waals surface area contributed by atoms with Crippen LogP contribution in [0.5, 0.6) is 0 Å². The molecule has 6 heteroatoms. The van der Waals surface area contributed by atoms with Gasteiger partial charge in [-0.15, -0.1) is 0 Å². The van der Waals surface area contributed by atoms with Crippen LogP contribution in [0.1, 0.15) is 0 Å². The predicted molar refractivity (Wildman–Crippen MR) is 100 cm³/mol. The van der Waals surface area contributed by atoms with E-state index in [2.05, 4.69) is 4.98 Å². The van der Waals surface area contributed by atoms with Gasteiger partial charge in [-0.05, 0) is 42.5 Å². The largest absolute Gasteiger partial charge is 0.235 e. The van der Waals surface area contributed by atoms with Crippen molar-refractivity contribution in [2.75, 3.05) is 0 Å². The summed E-state index contributed by atoms with van der Waals surface area (Å²) in [7, 11) is 0. The minimum atomic E-state index is 0.331. The molecule has 0 saturated carbocycles. The zero-order valence-corrected chi connectivity index (χ0v) is 15.2. The van der Waals surface area contributed by atoms with Gasteiger partial charge in [0.25, 0.3) is 0 Å². The molecule has 0 aliphatic heterocycles. The molecule has 0 spiro atoms. The van der Waals surface area contributed by atoms with Crippen molar-refractivity contribution in [3.8, 4) is 22.4 Å². The molecule has 1 aromatic heterocycles. The summed E-state index contributed by atoms with van der Waals surface area (Å²) >= 11 is 30.6. The summed E-state index contributed by atoms with van der Waals surface area (Å²) in [5.41, 5.74) is 2.90. The molecule has 0 saturated heterocycles. The van der Waals surface area contributed by atoms with Crippen molar-refractivity contribution in [3.63, 3.8) is 0 Å². The van der Waals surface area contributed by atoms with Gasteiger partial charge in [-0.1, -0.05) is 64.1 Å². The van der Waals surface area contributed by atoms with Gasteiger partial charge < -0.3 is 0 Å². The Bertz CT molecular complexity index is 892. The van der Waals surface area contributed by atoms with Crippen molar-refractivity contribution >= 4 is 58.0 Å². The fraction of sp³-hybridized carbons (Fsp3) is 0. The Labute approximate surface area is 158 Å². The third kappa shape index (κ3) is 3.60. The van der Waals surface area contributed by atoms with Gasteiger partial charge in [-0.3, -0.25) is 0 Å². The summed E-state index contributed by atoms with van der Waals surface area (Å²) in [6.07, 6.45) is 0. The molecule has 0 fully saturated rings. The number of halogens is 5. The zero-order chi connectivity index (χ0) is 16.6. The normalized spacial score (nSPS) is 10.8. The number of pyridine rings is 1. The lowest BCUT2D eigenvalue weighted by molar-refractivity contribution is 1.32. The van der Waals surface area contributed by atoms with Crippen LogP contribution in [-0.2, 0) is 0 Å². The molecule has 0 amide bonds. The number of rotatable bonds is 2. The van der Waals surface area contributed by atoms with Gasteiger partial charge in [-0.2, -0.15) is 0 Å². The Morgan fingerprint density at radius 2 is 1.09 bits per heavy atom. The Balaban J connectivity index is 2.07. The molecule has 1 heterocycles. The van der Waals surface area contributed by atoms with Crippen LogP contribution in [-0.4, -0.2) is 4.98 Å². The van der Waals surface area contributed by atoms with E-state index >= 15 is 0 Å². The first-order valence-electron chi connectivity index (χ1n) is 6.53. The molecular weight excluding hydrogens is 395 g/mol. The third-order valence-electron chi connectivity index (χ3n) is 3.28. The average molecular weight is 404 g/mol. The first-order chi connectivity index (χ1) is 11.0. The van der Waals surface area contributed by atoms with Gasteiger partial charge in [0.05, 0.1) is 10.7 Å². The summed E-state index contributed by atoms with van der Waals surface area (Å²) in [4.78, 5) is 4.42. The summed E-state index contributed by atoms with van der Waals surface area (Å²) in [6.45, 7) is 0. The van der Waals surface area contributed by atoms with E-state index in [1.807, 2.05) is 18.2 Å². The molecule has 0 aliphatic carbocycles. The third-order valence-corrected chi connectivity index (χ3v) is 4.66. The summed E-state index contributed by atoms with van der Waals surface area (Å²) < 4.78 is 0. The highest BCUT2D eigenvalue weighted by Crippen LogP contribution is 2.36. The van der Waals surface area contributed by atoms with Crippen molar-refractivity contribution < 1.29 is 0 Å². The topological polar surface area (TPSA) is 12.9 Å². The average Bonchev–Trinajstić information content (AvgIpc) is 2.48. The summed E-state index contributed by atoms with van der Waals surface area (Å²) in [6, 6.07) is 14.1. The summed E-state index contributed by atoms with van der Waals surface area (Å²) in [5, 5.41) is 2.48. The van der Waals surface area contributed by atoms with Crippen LogP contribution in [0.4, 0.5) is 0 Å². The predicted octanol–water partition coefficient (Wildman–Crippen LogP) is 7.68. The molecule has 3 aromatic rings. The Morgan fingerprint density at radius 3 is 1.61 bits per heavy atom. The lowest BCUT2D eigenvalue weighted by Crippen LogP contribution is -1.89. The number of hydrogen-bond donors (Lipinski definition) is 0. The second-order valence-electron chi connectivity index (χ2n) is 4.78. The van der Waals surface area contributed by atoms with Crippen LogP contribution < -0.4 is 0 Å². The molecule has 3 rings (SSSR count). The van der Waals surface area contributed by atoms with E-state index in [0.717, 1.165) is 16.7 Å². The molecule has 23 heavy (non-hydrogen) atoms. The lowest BCUT2D eigenvalue weighted by Gasteiger charge is -2.10. The van der Waals surface area contributed by atoms with E-state index in [1.165, 1.54) is 0 Å². The van der Waals surface area contributed by atoms with Crippen LogP contribution in [0.3, 0.4) is 0 Å². The number of benzene rings is 2. The summed E-state index contributed by atoms with van der Waals surface area (Å²) in [5.74, 6) is 0. The molecule has 0 N–H and O–H groups in total. The fourth-order valence-corrected chi connectivity index (χ4v) is 3.46. The minimum Gasteiger partial charge on any atom is -0.235 e. The van der Waals surface area contributed by atoms with E-state index in [1.54, 1.807) is 30.3 Å². The highest BCUT2D eigenvalue weighted by atomic mass is 35.5. The van der Waals surface area contributed by atoms with Crippen molar-refractivity contribution in [1.82, 2.24) is 4.98 Å². The molecule has 2 aromatic carbocycles. The smallest absolute Gasteiger partial charge is 0.137 e. The van der Waals surface area contributed by atoms with E-state index in [4.69, 9.17) is 58.0 Å². The van der Waals surface area contributed by atoms with Crippen LogP contribution in [0, 0.1) is 0 Å². The van der Waals surface area contributed by atoms with E-state index in [9.17, 15) is 0 Å². The lowest BCUT2D eigenvalue weighted by atomic mass is 10.1.